The number of hydrogen-bond acceptors (Lipinski definition) is 6. The maximum absolute atomic E-state index is 12.6. The summed E-state index contributed by atoms with van der Waals surface area (Å²) in [4.78, 5) is 25.1. The molecule has 0 saturated carbocycles. The van der Waals surface area contributed by atoms with Crippen molar-refractivity contribution >= 4 is 33.2 Å². The van der Waals surface area contributed by atoms with Crippen LogP contribution < -0.4 is 19.7 Å². The van der Waals surface area contributed by atoms with Crippen molar-refractivity contribution in [3.05, 3.63) is 54.1 Å². The Kier molecular flexibility index (Phi) is 8.83. The summed E-state index contributed by atoms with van der Waals surface area (Å²) in [6.45, 7) is 0.495. The van der Waals surface area contributed by atoms with Crippen molar-refractivity contribution in [3.63, 3.8) is 0 Å². The van der Waals surface area contributed by atoms with Crippen LogP contribution in [-0.2, 0) is 19.6 Å². The highest BCUT2D eigenvalue weighted by Crippen LogP contribution is 2.22. The Hall–Kier alpha value is -3.11. The minimum atomic E-state index is -3.73. The molecule has 0 radical (unpaired) electrons. The number of rotatable bonds is 11. The van der Waals surface area contributed by atoms with Gasteiger partial charge in [-0.25, -0.2) is 8.42 Å². The quantitative estimate of drug-likeness (QED) is 0.506. The number of carbonyl (C=O) groups is 2. The first-order valence-electron chi connectivity index (χ1n) is 9.54. The first-order chi connectivity index (χ1) is 14.8. The molecular weight excluding hydrogens is 422 g/mol. The van der Waals surface area contributed by atoms with Crippen LogP contribution in [0.3, 0.4) is 0 Å². The van der Waals surface area contributed by atoms with Gasteiger partial charge in [0.15, 0.2) is 0 Å². The molecule has 0 spiro atoms. The molecule has 2 rings (SSSR count). The Balaban J connectivity index is 2.13. The maximum Gasteiger partial charge on any atom is 0.253 e. The Morgan fingerprint density at radius 3 is 2.32 bits per heavy atom. The van der Waals surface area contributed by atoms with Crippen LogP contribution in [0.4, 0.5) is 11.4 Å². The predicted molar refractivity (Wildman–Crippen MR) is 119 cm³/mol. The van der Waals surface area contributed by atoms with Crippen molar-refractivity contribution < 1.29 is 27.5 Å². The molecule has 0 aliphatic rings. The molecule has 2 amide bonds. The van der Waals surface area contributed by atoms with Gasteiger partial charge in [0.1, 0.15) is 12.3 Å². The van der Waals surface area contributed by atoms with Crippen LogP contribution >= 0.6 is 0 Å². The van der Waals surface area contributed by atoms with E-state index in [4.69, 9.17) is 9.47 Å². The normalized spacial score (nSPS) is 10.9. The van der Waals surface area contributed by atoms with Crippen LogP contribution in [0, 0.1) is 0 Å². The van der Waals surface area contributed by atoms with Gasteiger partial charge in [0.2, 0.25) is 15.9 Å². The fourth-order valence-corrected chi connectivity index (χ4v) is 3.63. The average molecular weight is 450 g/mol. The molecule has 9 nitrogen and oxygen atoms in total. The van der Waals surface area contributed by atoms with E-state index in [0.29, 0.717) is 36.7 Å². The predicted octanol–water partition coefficient (Wildman–Crippen LogP) is 1.87. The van der Waals surface area contributed by atoms with Crippen molar-refractivity contribution in [2.45, 2.75) is 6.42 Å². The summed E-state index contributed by atoms with van der Waals surface area (Å²) in [6.07, 6.45) is 1.67. The molecule has 0 atom stereocenters. The van der Waals surface area contributed by atoms with Gasteiger partial charge in [-0.3, -0.25) is 13.9 Å². The fraction of sp³-hybridized carbons (Fsp3) is 0.333. The lowest BCUT2D eigenvalue weighted by Crippen LogP contribution is -2.37. The number of methoxy groups -OCH3 is 2. The van der Waals surface area contributed by atoms with Crippen LogP contribution in [0.1, 0.15) is 16.8 Å². The lowest BCUT2D eigenvalue weighted by atomic mass is 10.1. The van der Waals surface area contributed by atoms with Crippen LogP contribution in [0.5, 0.6) is 5.75 Å². The molecule has 31 heavy (non-hydrogen) atoms. The second-order valence-electron chi connectivity index (χ2n) is 6.66. The SMILES string of the molecule is COCCCNC(=O)c1ccccc1NC(=O)CN(c1ccc(OC)cc1)S(C)(=O)=O. The van der Waals surface area contributed by atoms with E-state index < -0.39 is 22.5 Å². The third kappa shape index (κ3) is 7.26. The highest BCUT2D eigenvalue weighted by Gasteiger charge is 2.22. The minimum absolute atomic E-state index is 0.281. The van der Waals surface area contributed by atoms with Crippen molar-refractivity contribution in [1.82, 2.24) is 5.32 Å². The Morgan fingerprint density at radius 2 is 1.71 bits per heavy atom. The Morgan fingerprint density at radius 1 is 1.03 bits per heavy atom. The lowest BCUT2D eigenvalue weighted by Gasteiger charge is -2.22. The number of ether oxygens (including phenoxy) is 2. The molecule has 0 aliphatic carbocycles. The van der Waals surface area contributed by atoms with Gasteiger partial charge in [-0.2, -0.15) is 0 Å². The van der Waals surface area contributed by atoms with E-state index >= 15 is 0 Å². The smallest absolute Gasteiger partial charge is 0.253 e. The number of hydrogen-bond donors (Lipinski definition) is 2. The molecular formula is C21H27N3O6S. The van der Waals surface area contributed by atoms with Crippen molar-refractivity contribution in [2.75, 3.05) is 49.8 Å². The summed E-state index contributed by atoms with van der Waals surface area (Å²) in [5.41, 5.74) is 0.895. The molecule has 0 fully saturated rings. The van der Waals surface area contributed by atoms with Gasteiger partial charge in [0, 0.05) is 20.3 Å². The fourth-order valence-electron chi connectivity index (χ4n) is 2.77. The summed E-state index contributed by atoms with van der Waals surface area (Å²) >= 11 is 0. The highest BCUT2D eigenvalue weighted by atomic mass is 32.2. The van der Waals surface area contributed by atoms with E-state index in [-0.39, 0.29) is 11.5 Å². The molecule has 2 aromatic carbocycles. The van der Waals surface area contributed by atoms with Gasteiger partial charge in [-0.15, -0.1) is 0 Å². The van der Waals surface area contributed by atoms with Crippen LogP contribution in [-0.4, -0.2) is 60.4 Å². The zero-order chi connectivity index (χ0) is 22.9. The first-order valence-corrected chi connectivity index (χ1v) is 11.4. The number of sulfonamides is 1. The number of benzene rings is 2. The van der Waals surface area contributed by atoms with E-state index in [2.05, 4.69) is 10.6 Å². The Bertz CT molecular complexity index is 992. The monoisotopic (exact) mass is 449 g/mol. The van der Waals surface area contributed by atoms with E-state index in [0.717, 1.165) is 10.6 Å². The second kappa shape index (κ2) is 11.3. The lowest BCUT2D eigenvalue weighted by molar-refractivity contribution is -0.114. The van der Waals surface area contributed by atoms with Gasteiger partial charge in [-0.1, -0.05) is 12.1 Å². The van der Waals surface area contributed by atoms with Crippen LogP contribution in [0.2, 0.25) is 0 Å². The largest absolute Gasteiger partial charge is 0.497 e. The van der Waals surface area contributed by atoms with E-state index in [1.54, 1.807) is 55.6 Å². The van der Waals surface area contributed by atoms with Gasteiger partial charge in [0.25, 0.3) is 5.91 Å². The van der Waals surface area contributed by atoms with Gasteiger partial charge >= 0.3 is 0 Å². The summed E-state index contributed by atoms with van der Waals surface area (Å²) in [5, 5.41) is 5.39. The Labute approximate surface area is 182 Å². The number of amides is 2. The first kappa shape index (κ1) is 24.2. The van der Waals surface area contributed by atoms with E-state index in [1.165, 1.54) is 7.11 Å². The molecule has 168 valence electrons. The summed E-state index contributed by atoms with van der Waals surface area (Å²) in [7, 11) is -0.645. The summed E-state index contributed by atoms with van der Waals surface area (Å²) < 4.78 is 35.5. The second-order valence-corrected chi connectivity index (χ2v) is 8.57. The topological polar surface area (TPSA) is 114 Å². The summed E-state index contributed by atoms with van der Waals surface area (Å²) in [6, 6.07) is 12.8. The van der Waals surface area contributed by atoms with E-state index in [9.17, 15) is 18.0 Å². The molecule has 10 heteroatoms. The molecule has 2 N–H and O–H groups in total. The van der Waals surface area contributed by atoms with E-state index in [1.807, 2.05) is 0 Å². The number of para-hydroxylation sites is 1. The molecule has 0 heterocycles. The highest BCUT2D eigenvalue weighted by molar-refractivity contribution is 7.92. The molecule has 0 aliphatic heterocycles. The standard InChI is InChI=1S/C21H27N3O6S/c1-29-14-6-13-22-21(26)18-7-4-5-8-19(18)23-20(25)15-24(31(3,27)28)16-9-11-17(30-2)12-10-16/h4-5,7-12H,6,13-15H2,1-3H3,(H,22,26)(H,23,25). The number of carbonyl (C=O) groups excluding carboxylic acids is 2. The summed E-state index contributed by atoms with van der Waals surface area (Å²) in [5.74, 6) is -0.366. The van der Waals surface area contributed by atoms with Crippen molar-refractivity contribution in [2.24, 2.45) is 0 Å². The van der Waals surface area contributed by atoms with Crippen LogP contribution in [0.15, 0.2) is 48.5 Å². The molecule has 2 aromatic rings. The third-order valence-corrected chi connectivity index (χ3v) is 5.45. The minimum Gasteiger partial charge on any atom is -0.497 e. The zero-order valence-electron chi connectivity index (χ0n) is 17.8. The van der Waals surface area contributed by atoms with Crippen molar-refractivity contribution in [1.29, 1.82) is 0 Å². The molecule has 0 unspecified atom stereocenters. The third-order valence-electron chi connectivity index (χ3n) is 4.30. The van der Waals surface area contributed by atoms with Crippen LogP contribution in [0.25, 0.3) is 0 Å². The van der Waals surface area contributed by atoms with Crippen molar-refractivity contribution in [3.8, 4) is 5.75 Å². The number of nitrogens with zero attached hydrogens (tertiary/aromatic N) is 1. The van der Waals surface area contributed by atoms with Gasteiger partial charge in [-0.05, 0) is 42.8 Å². The zero-order valence-corrected chi connectivity index (χ0v) is 18.6. The number of nitrogens with one attached hydrogen (secondary N) is 2. The average Bonchev–Trinajstić information content (AvgIpc) is 2.74. The number of anilines is 2. The molecule has 0 saturated heterocycles. The molecule has 0 aromatic heterocycles. The maximum atomic E-state index is 12.6. The van der Waals surface area contributed by atoms with Gasteiger partial charge < -0.3 is 20.1 Å². The molecule has 0 bridgehead atoms. The van der Waals surface area contributed by atoms with Gasteiger partial charge in [0.05, 0.1) is 30.3 Å².